The number of nitrogens with one attached hydrogen (secondary N) is 1. The van der Waals surface area contributed by atoms with Crippen LogP contribution in [0.4, 0.5) is 5.82 Å². The molecule has 15 heavy (non-hydrogen) atoms. The molecule has 0 bridgehead atoms. The lowest BCUT2D eigenvalue weighted by molar-refractivity contribution is -0.116. The van der Waals surface area contributed by atoms with Crippen molar-refractivity contribution in [2.45, 2.75) is 33.1 Å². The van der Waals surface area contributed by atoms with E-state index in [1.54, 1.807) is 6.20 Å². The molecule has 3 nitrogen and oxygen atoms in total. The van der Waals surface area contributed by atoms with Gasteiger partial charge >= 0.3 is 0 Å². The van der Waals surface area contributed by atoms with Crippen molar-refractivity contribution in [3.8, 4) is 0 Å². The van der Waals surface area contributed by atoms with Gasteiger partial charge in [0.25, 0.3) is 0 Å². The Balaban J connectivity index is 2.60. The van der Waals surface area contributed by atoms with Crippen molar-refractivity contribution in [3.63, 3.8) is 0 Å². The van der Waals surface area contributed by atoms with Crippen molar-refractivity contribution in [3.05, 3.63) is 22.3 Å². The second-order valence-electron chi connectivity index (χ2n) is 3.47. The molecule has 1 heterocycles. The Bertz CT molecular complexity index is 352. The fourth-order valence-electron chi connectivity index (χ4n) is 1.20. The summed E-state index contributed by atoms with van der Waals surface area (Å²) in [7, 11) is 0. The van der Waals surface area contributed by atoms with Crippen LogP contribution in [0.15, 0.2) is 16.7 Å². The van der Waals surface area contributed by atoms with E-state index >= 15 is 0 Å². The summed E-state index contributed by atoms with van der Waals surface area (Å²) >= 11 is 3.33. The van der Waals surface area contributed by atoms with Crippen molar-refractivity contribution in [1.82, 2.24) is 4.98 Å². The van der Waals surface area contributed by atoms with Gasteiger partial charge in [-0.05, 0) is 40.9 Å². The smallest absolute Gasteiger partial charge is 0.225 e. The first-order valence-electron chi connectivity index (χ1n) is 5.05. The third-order valence-corrected chi connectivity index (χ3v) is 2.49. The van der Waals surface area contributed by atoms with Crippen LogP contribution in [-0.4, -0.2) is 10.9 Å². The number of anilines is 1. The molecule has 0 aliphatic carbocycles. The van der Waals surface area contributed by atoms with Crippen molar-refractivity contribution < 1.29 is 4.79 Å². The largest absolute Gasteiger partial charge is 0.310 e. The zero-order valence-electron chi connectivity index (χ0n) is 9.01. The van der Waals surface area contributed by atoms with E-state index in [4.69, 9.17) is 0 Å². The molecule has 0 aliphatic heterocycles. The van der Waals surface area contributed by atoms with Crippen molar-refractivity contribution in [2.75, 3.05) is 5.32 Å². The Morgan fingerprint density at radius 3 is 2.93 bits per heavy atom. The molecule has 1 amide bonds. The maximum Gasteiger partial charge on any atom is 0.225 e. The van der Waals surface area contributed by atoms with Crippen LogP contribution >= 0.6 is 15.9 Å². The van der Waals surface area contributed by atoms with Crippen LogP contribution in [0.2, 0.25) is 0 Å². The van der Waals surface area contributed by atoms with E-state index < -0.39 is 0 Å². The van der Waals surface area contributed by atoms with Gasteiger partial charge in [0.15, 0.2) is 0 Å². The Hall–Kier alpha value is -0.900. The lowest BCUT2D eigenvalue weighted by Gasteiger charge is -2.06. The van der Waals surface area contributed by atoms with E-state index in [2.05, 4.69) is 33.2 Å². The fraction of sp³-hybridized carbons (Fsp3) is 0.455. The van der Waals surface area contributed by atoms with Gasteiger partial charge in [0.05, 0.1) is 0 Å². The number of rotatable bonds is 4. The first kappa shape index (κ1) is 12.2. The number of unbranched alkanes of at least 4 members (excludes halogenated alkanes) is 1. The van der Waals surface area contributed by atoms with Crippen LogP contribution in [0.25, 0.3) is 0 Å². The molecule has 0 atom stereocenters. The topological polar surface area (TPSA) is 42.0 Å². The van der Waals surface area contributed by atoms with Crippen LogP contribution in [-0.2, 0) is 4.79 Å². The SMILES string of the molecule is CCCCC(=O)Nc1ncc(Br)cc1C. The fourth-order valence-corrected chi connectivity index (χ4v) is 1.65. The standard InChI is InChI=1S/C11H15BrN2O/c1-3-4-5-10(15)14-11-8(2)6-9(12)7-13-11/h6-7H,3-5H2,1-2H3,(H,13,14,15). The Kier molecular flexibility index (Phi) is 4.75. The summed E-state index contributed by atoms with van der Waals surface area (Å²) in [5, 5.41) is 2.80. The highest BCUT2D eigenvalue weighted by Gasteiger charge is 2.05. The number of carbonyl (C=O) groups excluding carboxylic acids is 1. The highest BCUT2D eigenvalue weighted by Crippen LogP contribution is 2.16. The zero-order chi connectivity index (χ0) is 11.3. The quantitative estimate of drug-likeness (QED) is 0.913. The molecule has 1 aromatic rings. The predicted molar refractivity (Wildman–Crippen MR) is 64.8 cm³/mol. The minimum absolute atomic E-state index is 0.0368. The van der Waals surface area contributed by atoms with E-state index in [0.717, 1.165) is 22.9 Å². The minimum Gasteiger partial charge on any atom is -0.310 e. The number of hydrogen-bond acceptors (Lipinski definition) is 2. The molecule has 0 spiro atoms. The number of amides is 1. The summed E-state index contributed by atoms with van der Waals surface area (Å²) in [5.41, 5.74) is 0.967. The maximum atomic E-state index is 11.4. The van der Waals surface area contributed by atoms with E-state index in [9.17, 15) is 4.79 Å². The molecule has 0 aliphatic rings. The Morgan fingerprint density at radius 2 is 2.33 bits per heavy atom. The summed E-state index contributed by atoms with van der Waals surface area (Å²) in [6.07, 6.45) is 4.19. The molecule has 0 saturated heterocycles. The molecule has 0 aromatic carbocycles. The van der Waals surface area contributed by atoms with Gasteiger partial charge in [0.1, 0.15) is 5.82 Å². The lowest BCUT2D eigenvalue weighted by Crippen LogP contribution is -2.13. The van der Waals surface area contributed by atoms with Gasteiger partial charge in [-0.15, -0.1) is 0 Å². The summed E-state index contributed by atoms with van der Waals surface area (Å²) in [6, 6.07) is 1.93. The van der Waals surface area contributed by atoms with Gasteiger partial charge in [-0.3, -0.25) is 4.79 Å². The Labute approximate surface area is 98.4 Å². The molecule has 0 radical (unpaired) electrons. The minimum atomic E-state index is 0.0368. The van der Waals surface area contributed by atoms with E-state index in [1.165, 1.54) is 0 Å². The second kappa shape index (κ2) is 5.85. The van der Waals surface area contributed by atoms with Gasteiger partial charge in [0, 0.05) is 17.1 Å². The van der Waals surface area contributed by atoms with Gasteiger partial charge in [-0.2, -0.15) is 0 Å². The molecule has 82 valence electrons. The number of halogens is 1. The van der Waals surface area contributed by atoms with Crippen molar-refractivity contribution in [2.24, 2.45) is 0 Å². The average molecular weight is 271 g/mol. The van der Waals surface area contributed by atoms with Crippen LogP contribution in [0.1, 0.15) is 31.7 Å². The third kappa shape index (κ3) is 4.00. The number of hydrogen-bond donors (Lipinski definition) is 1. The molecule has 1 aromatic heterocycles. The molecule has 1 N–H and O–H groups in total. The number of aromatic nitrogens is 1. The van der Waals surface area contributed by atoms with Gasteiger partial charge in [-0.1, -0.05) is 13.3 Å². The highest BCUT2D eigenvalue weighted by molar-refractivity contribution is 9.10. The zero-order valence-corrected chi connectivity index (χ0v) is 10.6. The molecule has 0 saturated carbocycles. The normalized spacial score (nSPS) is 10.1. The summed E-state index contributed by atoms with van der Waals surface area (Å²) in [4.78, 5) is 15.6. The van der Waals surface area contributed by atoms with E-state index in [0.29, 0.717) is 12.2 Å². The number of pyridine rings is 1. The first-order chi connectivity index (χ1) is 7.13. The molecular weight excluding hydrogens is 256 g/mol. The average Bonchev–Trinajstić information content (AvgIpc) is 2.19. The van der Waals surface area contributed by atoms with Crippen molar-refractivity contribution in [1.29, 1.82) is 0 Å². The molecule has 4 heteroatoms. The van der Waals surface area contributed by atoms with Gasteiger partial charge < -0.3 is 5.32 Å². The highest BCUT2D eigenvalue weighted by atomic mass is 79.9. The first-order valence-corrected chi connectivity index (χ1v) is 5.84. The number of carbonyl (C=O) groups is 1. The van der Waals surface area contributed by atoms with Crippen LogP contribution < -0.4 is 5.32 Å². The molecule has 1 rings (SSSR count). The van der Waals surface area contributed by atoms with Crippen LogP contribution in [0.3, 0.4) is 0 Å². The monoisotopic (exact) mass is 270 g/mol. The van der Waals surface area contributed by atoms with Crippen LogP contribution in [0, 0.1) is 6.92 Å². The van der Waals surface area contributed by atoms with Gasteiger partial charge in [-0.25, -0.2) is 4.98 Å². The number of nitrogens with zero attached hydrogens (tertiary/aromatic N) is 1. The van der Waals surface area contributed by atoms with Gasteiger partial charge in [0.2, 0.25) is 5.91 Å². The van der Waals surface area contributed by atoms with Crippen LogP contribution in [0.5, 0.6) is 0 Å². The molecular formula is C11H15BrN2O. The molecule has 0 fully saturated rings. The summed E-state index contributed by atoms with van der Waals surface area (Å²) in [6.45, 7) is 3.99. The number of aryl methyl sites for hydroxylation is 1. The van der Waals surface area contributed by atoms with Crippen molar-refractivity contribution >= 4 is 27.7 Å². The summed E-state index contributed by atoms with van der Waals surface area (Å²) < 4.78 is 0.923. The Morgan fingerprint density at radius 1 is 1.60 bits per heavy atom. The molecule has 0 unspecified atom stereocenters. The summed E-state index contributed by atoms with van der Waals surface area (Å²) in [5.74, 6) is 0.689. The maximum absolute atomic E-state index is 11.4. The van der Waals surface area contributed by atoms with E-state index in [1.807, 2.05) is 13.0 Å². The predicted octanol–water partition coefficient (Wildman–Crippen LogP) is 3.28. The second-order valence-corrected chi connectivity index (χ2v) is 4.39. The third-order valence-electron chi connectivity index (χ3n) is 2.06. The van der Waals surface area contributed by atoms with E-state index in [-0.39, 0.29) is 5.91 Å². The lowest BCUT2D eigenvalue weighted by atomic mass is 10.2.